The van der Waals surface area contributed by atoms with E-state index in [0.29, 0.717) is 30.1 Å². The van der Waals surface area contributed by atoms with Crippen molar-refractivity contribution in [1.29, 1.82) is 0 Å². The topological polar surface area (TPSA) is 55.6 Å². The van der Waals surface area contributed by atoms with Gasteiger partial charge in [0.05, 0.1) is 12.3 Å². The number of pyridine rings is 1. The fourth-order valence-corrected chi connectivity index (χ4v) is 3.17. The van der Waals surface area contributed by atoms with Crippen LogP contribution < -0.4 is 10.1 Å². The van der Waals surface area contributed by atoms with Crippen LogP contribution in [0.5, 0.6) is 5.75 Å². The van der Waals surface area contributed by atoms with Gasteiger partial charge in [0.15, 0.2) is 11.4 Å². The molecule has 0 fully saturated rings. The molecule has 3 rings (SSSR count). The number of fused-ring (bicyclic) bond motifs is 1. The van der Waals surface area contributed by atoms with E-state index < -0.39 is 0 Å². The average molecular weight is 365 g/mol. The van der Waals surface area contributed by atoms with Gasteiger partial charge in [-0.25, -0.2) is 4.98 Å². The zero-order valence-corrected chi connectivity index (χ0v) is 16.3. The Labute approximate surface area is 160 Å². The summed E-state index contributed by atoms with van der Waals surface area (Å²) in [5.41, 5.74) is 4.08. The Hall–Kier alpha value is -2.82. The maximum Gasteiger partial charge on any atom is 0.274 e. The van der Waals surface area contributed by atoms with Crippen molar-refractivity contribution in [1.82, 2.24) is 9.38 Å². The molecule has 0 aliphatic carbocycles. The van der Waals surface area contributed by atoms with Crippen LogP contribution in [0.25, 0.3) is 5.65 Å². The van der Waals surface area contributed by atoms with Crippen LogP contribution in [0.3, 0.4) is 0 Å². The first kappa shape index (κ1) is 19.0. The predicted octanol–water partition coefficient (Wildman–Crippen LogP) is 4.89. The minimum absolute atomic E-state index is 0.158. The molecular weight excluding hydrogens is 338 g/mol. The molecule has 0 bridgehead atoms. The molecule has 27 heavy (non-hydrogen) atoms. The molecule has 0 unspecified atom stereocenters. The van der Waals surface area contributed by atoms with Crippen LogP contribution in [0.4, 0.5) is 5.69 Å². The van der Waals surface area contributed by atoms with Gasteiger partial charge in [-0.05, 0) is 56.0 Å². The van der Waals surface area contributed by atoms with Crippen LogP contribution in [0.1, 0.15) is 55.4 Å². The normalized spacial score (nSPS) is 10.9. The summed E-state index contributed by atoms with van der Waals surface area (Å²) in [4.78, 5) is 17.6. The van der Waals surface area contributed by atoms with E-state index in [1.54, 1.807) is 0 Å². The van der Waals surface area contributed by atoms with Crippen molar-refractivity contribution in [2.24, 2.45) is 0 Å². The monoisotopic (exact) mass is 365 g/mol. The summed E-state index contributed by atoms with van der Waals surface area (Å²) in [6.45, 7) is 6.68. The Bertz CT molecular complexity index is 913. The largest absolute Gasteiger partial charge is 0.490 e. The van der Waals surface area contributed by atoms with Crippen LogP contribution in [-0.4, -0.2) is 21.9 Å². The number of unbranched alkanes of at least 4 members (excludes halogenated alkanes) is 1. The average Bonchev–Trinajstić information content (AvgIpc) is 3.07. The summed E-state index contributed by atoms with van der Waals surface area (Å²) in [5, 5.41) is 3.01. The Kier molecular flexibility index (Phi) is 6.12. The number of aryl methyl sites for hydroxylation is 2. The third kappa shape index (κ3) is 4.13. The molecule has 5 heteroatoms. The lowest BCUT2D eigenvalue weighted by Gasteiger charge is -2.09. The maximum absolute atomic E-state index is 13.0. The molecule has 0 saturated carbocycles. The van der Waals surface area contributed by atoms with Gasteiger partial charge in [-0.2, -0.15) is 0 Å². The van der Waals surface area contributed by atoms with Crippen LogP contribution in [0.2, 0.25) is 0 Å². The molecule has 5 nitrogen and oxygen atoms in total. The van der Waals surface area contributed by atoms with E-state index in [1.165, 1.54) is 18.4 Å². The van der Waals surface area contributed by atoms with Crippen molar-refractivity contribution in [2.45, 2.75) is 46.5 Å². The number of benzene rings is 1. The second-order valence-electron chi connectivity index (χ2n) is 6.51. The Balaban J connectivity index is 1.87. The molecule has 3 aromatic rings. The minimum atomic E-state index is -0.158. The number of amides is 1. The molecule has 0 aliphatic heterocycles. The van der Waals surface area contributed by atoms with Crippen molar-refractivity contribution in [3.8, 4) is 5.75 Å². The summed E-state index contributed by atoms with van der Waals surface area (Å²) >= 11 is 0. The number of nitrogens with one attached hydrogen (secondary N) is 1. The Morgan fingerprint density at radius 3 is 2.59 bits per heavy atom. The van der Waals surface area contributed by atoms with E-state index in [-0.39, 0.29) is 5.91 Å². The summed E-state index contributed by atoms with van der Waals surface area (Å²) in [6, 6.07) is 11.8. The molecule has 0 spiro atoms. The SMILES string of the molecule is CCCCc1ccc(NC(=O)c2c(CC)nc3c(OCC)cccn23)cc1. The highest BCUT2D eigenvalue weighted by molar-refractivity contribution is 6.04. The molecule has 1 amide bonds. The lowest BCUT2D eigenvalue weighted by atomic mass is 10.1. The number of ether oxygens (including phenoxy) is 1. The number of hydrogen-bond acceptors (Lipinski definition) is 3. The summed E-state index contributed by atoms with van der Waals surface area (Å²) in [6.07, 6.45) is 5.95. The molecule has 2 aromatic heterocycles. The first-order valence-corrected chi connectivity index (χ1v) is 9.70. The summed E-state index contributed by atoms with van der Waals surface area (Å²) in [7, 11) is 0. The number of anilines is 1. The number of hydrogen-bond donors (Lipinski definition) is 1. The van der Waals surface area contributed by atoms with Crippen molar-refractivity contribution in [2.75, 3.05) is 11.9 Å². The Morgan fingerprint density at radius 2 is 1.93 bits per heavy atom. The third-order valence-electron chi connectivity index (χ3n) is 4.57. The van der Waals surface area contributed by atoms with Gasteiger partial charge in [-0.15, -0.1) is 0 Å². The van der Waals surface area contributed by atoms with Crippen LogP contribution >= 0.6 is 0 Å². The molecule has 1 aromatic carbocycles. The smallest absolute Gasteiger partial charge is 0.274 e. The number of rotatable bonds is 8. The summed E-state index contributed by atoms with van der Waals surface area (Å²) in [5.74, 6) is 0.531. The van der Waals surface area contributed by atoms with Gasteiger partial charge < -0.3 is 10.1 Å². The van der Waals surface area contributed by atoms with Gasteiger partial charge in [0, 0.05) is 11.9 Å². The second-order valence-corrected chi connectivity index (χ2v) is 6.51. The fourth-order valence-electron chi connectivity index (χ4n) is 3.17. The van der Waals surface area contributed by atoms with Crippen LogP contribution in [-0.2, 0) is 12.8 Å². The summed E-state index contributed by atoms with van der Waals surface area (Å²) < 4.78 is 7.47. The molecular formula is C22H27N3O2. The lowest BCUT2D eigenvalue weighted by Crippen LogP contribution is -2.16. The predicted molar refractivity (Wildman–Crippen MR) is 109 cm³/mol. The van der Waals surface area contributed by atoms with E-state index in [9.17, 15) is 4.79 Å². The van der Waals surface area contributed by atoms with Crippen molar-refractivity contribution in [3.63, 3.8) is 0 Å². The van der Waals surface area contributed by atoms with E-state index in [2.05, 4.69) is 29.4 Å². The highest BCUT2D eigenvalue weighted by Gasteiger charge is 2.20. The van der Waals surface area contributed by atoms with Crippen molar-refractivity contribution < 1.29 is 9.53 Å². The second kappa shape index (κ2) is 8.71. The first-order chi connectivity index (χ1) is 13.2. The highest BCUT2D eigenvalue weighted by Crippen LogP contribution is 2.23. The van der Waals surface area contributed by atoms with Crippen LogP contribution in [0, 0.1) is 0 Å². The van der Waals surface area contributed by atoms with Crippen molar-refractivity contribution >= 4 is 17.2 Å². The van der Waals surface area contributed by atoms with E-state index in [4.69, 9.17) is 4.74 Å². The van der Waals surface area contributed by atoms with Gasteiger partial charge >= 0.3 is 0 Å². The van der Waals surface area contributed by atoms with Crippen LogP contribution in [0.15, 0.2) is 42.6 Å². The van der Waals surface area contributed by atoms with Gasteiger partial charge in [0.2, 0.25) is 0 Å². The molecule has 0 atom stereocenters. The van der Waals surface area contributed by atoms with Gasteiger partial charge in [0.25, 0.3) is 5.91 Å². The molecule has 1 N–H and O–H groups in total. The number of nitrogens with zero attached hydrogens (tertiary/aromatic N) is 2. The molecule has 2 heterocycles. The fraction of sp³-hybridized carbons (Fsp3) is 0.364. The number of aromatic nitrogens is 2. The zero-order chi connectivity index (χ0) is 19.2. The number of carbonyl (C=O) groups excluding carboxylic acids is 1. The Morgan fingerprint density at radius 1 is 1.15 bits per heavy atom. The van der Waals surface area contributed by atoms with E-state index in [1.807, 2.05) is 48.7 Å². The van der Waals surface area contributed by atoms with Gasteiger partial charge in [-0.3, -0.25) is 9.20 Å². The van der Waals surface area contributed by atoms with Crippen molar-refractivity contribution in [3.05, 3.63) is 59.5 Å². The maximum atomic E-state index is 13.0. The molecule has 0 saturated heterocycles. The standard InChI is InChI=1S/C22H27N3O2/c1-4-7-9-16-11-13-17(14-12-16)23-22(26)20-18(5-2)24-21-19(27-6-3)10-8-15-25(20)21/h8,10-15H,4-7,9H2,1-3H3,(H,23,26). The van der Waals surface area contributed by atoms with E-state index in [0.717, 1.165) is 17.8 Å². The number of imidazole rings is 1. The quantitative estimate of drug-likeness (QED) is 0.618. The molecule has 0 radical (unpaired) electrons. The lowest BCUT2D eigenvalue weighted by molar-refractivity contribution is 0.102. The van der Waals surface area contributed by atoms with Gasteiger partial charge in [-0.1, -0.05) is 32.4 Å². The van der Waals surface area contributed by atoms with E-state index >= 15 is 0 Å². The molecule has 142 valence electrons. The minimum Gasteiger partial charge on any atom is -0.490 e. The highest BCUT2D eigenvalue weighted by atomic mass is 16.5. The molecule has 0 aliphatic rings. The zero-order valence-electron chi connectivity index (χ0n) is 16.3. The first-order valence-electron chi connectivity index (χ1n) is 9.70. The third-order valence-corrected chi connectivity index (χ3v) is 4.57. The van der Waals surface area contributed by atoms with Gasteiger partial charge in [0.1, 0.15) is 5.69 Å². The number of carbonyl (C=O) groups is 1.